The summed E-state index contributed by atoms with van der Waals surface area (Å²) >= 11 is 1.62. The Labute approximate surface area is 183 Å². The number of aromatic nitrogens is 4. The number of nitrogens with zero attached hydrogens (tertiary/aromatic N) is 4. The van der Waals surface area contributed by atoms with Crippen LogP contribution in [0, 0.1) is 0 Å². The van der Waals surface area contributed by atoms with E-state index in [4.69, 9.17) is 14.5 Å². The molecule has 8 heteroatoms. The molecule has 0 aliphatic heterocycles. The van der Waals surface area contributed by atoms with Gasteiger partial charge in [0.05, 0.1) is 34.6 Å². The predicted octanol–water partition coefficient (Wildman–Crippen LogP) is 5.55. The van der Waals surface area contributed by atoms with E-state index in [9.17, 15) is 0 Å². The molecule has 0 radical (unpaired) electrons. The molecule has 3 heterocycles. The number of hydrogen-bond donors (Lipinski definition) is 1. The van der Waals surface area contributed by atoms with Crippen LogP contribution in [0.2, 0.25) is 0 Å². The van der Waals surface area contributed by atoms with Crippen molar-refractivity contribution >= 4 is 38.7 Å². The molecule has 5 rings (SSSR count). The maximum absolute atomic E-state index is 5.82. The highest BCUT2D eigenvalue weighted by Gasteiger charge is 2.13. The minimum Gasteiger partial charge on any atom is -0.493 e. The summed E-state index contributed by atoms with van der Waals surface area (Å²) < 4.78 is 14.4. The average Bonchev–Trinajstić information content (AvgIpc) is 3.43. The Morgan fingerprint density at radius 1 is 1.06 bits per heavy atom. The highest BCUT2D eigenvalue weighted by atomic mass is 32.1. The van der Waals surface area contributed by atoms with Crippen molar-refractivity contribution in [1.29, 1.82) is 0 Å². The van der Waals surface area contributed by atoms with Gasteiger partial charge in [-0.3, -0.25) is 0 Å². The molecule has 156 valence electrons. The van der Waals surface area contributed by atoms with Gasteiger partial charge in [0.2, 0.25) is 0 Å². The number of anilines is 2. The average molecular weight is 432 g/mol. The van der Waals surface area contributed by atoms with Gasteiger partial charge >= 0.3 is 0 Å². The smallest absolute Gasteiger partial charge is 0.180 e. The van der Waals surface area contributed by atoms with E-state index >= 15 is 0 Å². The Kier molecular flexibility index (Phi) is 4.91. The molecule has 0 unspecified atom stereocenters. The van der Waals surface area contributed by atoms with Gasteiger partial charge in [-0.1, -0.05) is 6.07 Å². The highest BCUT2D eigenvalue weighted by molar-refractivity contribution is 7.16. The standard InChI is InChI=1S/C23H21N5O2S/c1-14(2)30-19-7-5-16(11-20(19)29-3)26-22-23-24-8-9-28(23)12-18(27-22)15-4-6-17-21(10-15)31-13-25-17/h4-14H,1-3H3,(H,26,27). The number of imidazole rings is 1. The van der Waals surface area contributed by atoms with Gasteiger partial charge < -0.3 is 19.2 Å². The number of benzene rings is 2. The lowest BCUT2D eigenvalue weighted by Gasteiger charge is -2.15. The summed E-state index contributed by atoms with van der Waals surface area (Å²) in [6.07, 6.45) is 5.72. The predicted molar refractivity (Wildman–Crippen MR) is 124 cm³/mol. The fourth-order valence-corrected chi connectivity index (χ4v) is 4.12. The molecule has 0 saturated heterocycles. The van der Waals surface area contributed by atoms with Crippen LogP contribution in [-0.2, 0) is 0 Å². The van der Waals surface area contributed by atoms with Gasteiger partial charge in [-0.25, -0.2) is 15.0 Å². The Balaban J connectivity index is 1.54. The van der Waals surface area contributed by atoms with Gasteiger partial charge in [-0.15, -0.1) is 11.3 Å². The van der Waals surface area contributed by atoms with Crippen LogP contribution in [0.25, 0.3) is 27.1 Å². The summed E-state index contributed by atoms with van der Waals surface area (Å²) in [6, 6.07) is 11.9. The number of rotatable bonds is 6. The summed E-state index contributed by atoms with van der Waals surface area (Å²) in [5.41, 5.74) is 6.29. The minimum atomic E-state index is 0.0616. The molecule has 0 atom stereocenters. The molecule has 5 aromatic rings. The Morgan fingerprint density at radius 3 is 2.81 bits per heavy atom. The first-order valence-electron chi connectivity index (χ1n) is 9.90. The summed E-state index contributed by atoms with van der Waals surface area (Å²) in [5, 5.41) is 3.39. The highest BCUT2D eigenvalue weighted by Crippen LogP contribution is 2.33. The van der Waals surface area contributed by atoms with Crippen LogP contribution in [0.3, 0.4) is 0 Å². The lowest BCUT2D eigenvalue weighted by Crippen LogP contribution is -2.07. The van der Waals surface area contributed by atoms with E-state index in [2.05, 4.69) is 21.4 Å². The first-order chi connectivity index (χ1) is 15.1. The fourth-order valence-electron chi connectivity index (χ4n) is 3.40. The molecule has 0 amide bonds. The molecule has 0 aliphatic carbocycles. The van der Waals surface area contributed by atoms with E-state index in [1.165, 1.54) is 0 Å². The normalized spacial score (nSPS) is 11.4. The molecule has 0 fully saturated rings. The van der Waals surface area contributed by atoms with Crippen molar-refractivity contribution in [2.75, 3.05) is 12.4 Å². The molecule has 3 aromatic heterocycles. The zero-order valence-corrected chi connectivity index (χ0v) is 18.2. The van der Waals surface area contributed by atoms with Crippen LogP contribution in [0.5, 0.6) is 11.5 Å². The molecular weight excluding hydrogens is 410 g/mol. The van der Waals surface area contributed by atoms with Gasteiger partial charge in [0.15, 0.2) is 23.0 Å². The third-order valence-corrected chi connectivity index (χ3v) is 5.58. The van der Waals surface area contributed by atoms with Crippen molar-refractivity contribution in [2.24, 2.45) is 0 Å². The molecule has 1 N–H and O–H groups in total. The number of hydrogen-bond acceptors (Lipinski definition) is 7. The number of ether oxygens (including phenoxy) is 2. The second-order valence-corrected chi connectivity index (χ2v) is 8.21. The number of methoxy groups -OCH3 is 1. The topological polar surface area (TPSA) is 73.6 Å². The Morgan fingerprint density at radius 2 is 1.97 bits per heavy atom. The van der Waals surface area contributed by atoms with Crippen LogP contribution >= 0.6 is 11.3 Å². The fraction of sp³-hybridized carbons (Fsp3) is 0.174. The van der Waals surface area contributed by atoms with Crippen molar-refractivity contribution in [3.05, 3.63) is 60.5 Å². The molecule has 0 spiro atoms. The van der Waals surface area contributed by atoms with Crippen LogP contribution in [0.15, 0.2) is 60.5 Å². The van der Waals surface area contributed by atoms with E-state index in [0.717, 1.165) is 32.8 Å². The van der Waals surface area contributed by atoms with Crippen molar-refractivity contribution < 1.29 is 9.47 Å². The van der Waals surface area contributed by atoms with Gasteiger partial charge in [0, 0.05) is 35.9 Å². The molecule has 7 nitrogen and oxygen atoms in total. The number of thiazole rings is 1. The zero-order valence-electron chi connectivity index (χ0n) is 17.4. The number of nitrogens with one attached hydrogen (secondary N) is 1. The quantitative estimate of drug-likeness (QED) is 0.380. The van der Waals surface area contributed by atoms with E-state index in [1.54, 1.807) is 24.6 Å². The van der Waals surface area contributed by atoms with Gasteiger partial charge in [0.25, 0.3) is 0 Å². The first kappa shape index (κ1) is 19.3. The van der Waals surface area contributed by atoms with Crippen molar-refractivity contribution in [3.63, 3.8) is 0 Å². The third-order valence-electron chi connectivity index (χ3n) is 4.79. The molecule has 2 aromatic carbocycles. The largest absolute Gasteiger partial charge is 0.493 e. The van der Waals surface area contributed by atoms with E-state index in [1.807, 2.05) is 66.5 Å². The molecule has 0 aliphatic rings. The maximum atomic E-state index is 5.82. The molecular formula is C23H21N5O2S. The maximum Gasteiger partial charge on any atom is 0.180 e. The van der Waals surface area contributed by atoms with Crippen molar-refractivity contribution in [1.82, 2.24) is 19.4 Å². The summed E-state index contributed by atoms with van der Waals surface area (Å²) in [7, 11) is 1.63. The van der Waals surface area contributed by atoms with E-state index in [0.29, 0.717) is 17.3 Å². The van der Waals surface area contributed by atoms with Gasteiger partial charge in [0.1, 0.15) is 0 Å². The zero-order chi connectivity index (χ0) is 21.4. The molecule has 0 saturated carbocycles. The lowest BCUT2D eigenvalue weighted by molar-refractivity contribution is 0.230. The van der Waals surface area contributed by atoms with Crippen LogP contribution in [-0.4, -0.2) is 32.6 Å². The van der Waals surface area contributed by atoms with Gasteiger partial charge in [-0.05, 0) is 38.1 Å². The number of fused-ring (bicyclic) bond motifs is 2. The molecule has 0 bridgehead atoms. The van der Waals surface area contributed by atoms with Crippen LogP contribution in [0.4, 0.5) is 11.5 Å². The Hall–Kier alpha value is -3.65. The second-order valence-electron chi connectivity index (χ2n) is 7.32. The van der Waals surface area contributed by atoms with Crippen molar-refractivity contribution in [2.45, 2.75) is 20.0 Å². The summed E-state index contributed by atoms with van der Waals surface area (Å²) in [6.45, 7) is 3.97. The second kappa shape index (κ2) is 7.88. The minimum absolute atomic E-state index is 0.0616. The van der Waals surface area contributed by atoms with Gasteiger partial charge in [-0.2, -0.15) is 0 Å². The first-order valence-corrected chi connectivity index (χ1v) is 10.8. The summed E-state index contributed by atoms with van der Waals surface area (Å²) in [5.74, 6) is 2.02. The Bertz CT molecular complexity index is 1380. The van der Waals surface area contributed by atoms with Crippen molar-refractivity contribution in [3.8, 4) is 22.8 Å². The third kappa shape index (κ3) is 3.77. The molecule has 31 heavy (non-hydrogen) atoms. The van der Waals surface area contributed by atoms with Crippen LogP contribution < -0.4 is 14.8 Å². The SMILES string of the molecule is COc1cc(Nc2nc(-c3ccc4ncsc4c3)cn3ccnc23)ccc1OC(C)C. The monoisotopic (exact) mass is 431 g/mol. The summed E-state index contributed by atoms with van der Waals surface area (Å²) in [4.78, 5) is 13.7. The van der Waals surface area contributed by atoms with E-state index in [-0.39, 0.29) is 6.10 Å². The van der Waals surface area contributed by atoms with Crippen LogP contribution in [0.1, 0.15) is 13.8 Å². The lowest BCUT2D eigenvalue weighted by atomic mass is 10.1. The van der Waals surface area contributed by atoms with E-state index < -0.39 is 0 Å².